The van der Waals surface area contributed by atoms with Crippen LogP contribution in [0.4, 0.5) is 0 Å². The van der Waals surface area contributed by atoms with Gasteiger partial charge in [-0.1, -0.05) is 13.3 Å². The number of halogens is 1. The Bertz CT molecular complexity index is 204. The summed E-state index contributed by atoms with van der Waals surface area (Å²) in [5.41, 5.74) is 5.51. The molecule has 0 aromatic rings. The number of carbonyl (C=O) groups excluding carboxylic acids is 2. The average Bonchev–Trinajstić information content (AvgIpc) is 2.18. The lowest BCUT2D eigenvalue weighted by Crippen LogP contribution is -2.46. The Morgan fingerprint density at radius 2 is 2.46 bits per heavy atom. The van der Waals surface area contributed by atoms with Crippen LogP contribution in [0, 0.1) is 0 Å². The van der Waals surface area contributed by atoms with Crippen molar-refractivity contribution < 1.29 is 11.0 Å². The average molecular weight is 208 g/mol. The molecule has 2 atom stereocenters. The van der Waals surface area contributed by atoms with Crippen molar-refractivity contribution in [2.75, 3.05) is 5.88 Å². The van der Waals surface area contributed by atoms with Crippen molar-refractivity contribution >= 4 is 23.8 Å². The third-order valence-electron chi connectivity index (χ3n) is 1.53. The maximum absolute atomic E-state index is 11.4. The lowest BCUT2D eigenvalue weighted by Gasteiger charge is -2.13. The Morgan fingerprint density at radius 1 is 1.85 bits per heavy atom. The van der Waals surface area contributed by atoms with Gasteiger partial charge < -0.3 is 15.8 Å². The van der Waals surface area contributed by atoms with Crippen LogP contribution >= 0.6 is 11.6 Å². The van der Waals surface area contributed by atoms with Crippen molar-refractivity contribution in [3.05, 3.63) is 0 Å². The van der Waals surface area contributed by atoms with Gasteiger partial charge in [0.15, 0.2) is 1.41 Å². The van der Waals surface area contributed by atoms with E-state index >= 15 is 0 Å². The molecule has 0 aromatic heterocycles. The lowest BCUT2D eigenvalue weighted by molar-refractivity contribution is -0.124. The molecular formula is C8H15ClN2O2. The molecule has 5 heteroatoms. The molecule has 76 valence electrons. The van der Waals surface area contributed by atoms with Crippen molar-refractivity contribution in [3.8, 4) is 0 Å². The fourth-order valence-corrected chi connectivity index (χ4v) is 0.937. The monoisotopic (exact) mass is 207 g/mol. The number of carbonyl (C=O) groups is 2. The normalized spacial score (nSPS) is 15.8. The molecule has 0 heterocycles. The van der Waals surface area contributed by atoms with Gasteiger partial charge in [-0.3, -0.25) is 4.79 Å². The minimum Gasteiger partial charge on any atom is -0.344 e. The molecule has 0 spiro atoms. The van der Waals surface area contributed by atoms with Crippen molar-refractivity contribution in [1.29, 1.82) is 0 Å². The van der Waals surface area contributed by atoms with E-state index in [-0.39, 0.29) is 5.88 Å². The van der Waals surface area contributed by atoms with Crippen LogP contribution < -0.4 is 11.0 Å². The summed E-state index contributed by atoms with van der Waals surface area (Å²) in [6.07, 6.45) is 1.73. The number of hydrogen-bond donors (Lipinski definition) is 2. The first-order chi connectivity index (χ1) is 6.58. The van der Waals surface area contributed by atoms with Gasteiger partial charge in [0.05, 0.1) is 12.1 Å². The molecule has 4 nitrogen and oxygen atoms in total. The number of nitrogens with one attached hydrogen (secondary N) is 1. The Hall–Kier alpha value is -0.610. The van der Waals surface area contributed by atoms with Gasteiger partial charge in [-0.05, 0) is 6.42 Å². The van der Waals surface area contributed by atoms with Gasteiger partial charge >= 0.3 is 0 Å². The fraction of sp³-hybridized carbons (Fsp3) is 0.750. The van der Waals surface area contributed by atoms with Crippen molar-refractivity contribution in [2.45, 2.75) is 31.8 Å². The zero-order valence-electron chi connectivity index (χ0n) is 8.57. The molecule has 0 aliphatic carbocycles. The summed E-state index contributed by atoms with van der Waals surface area (Å²) in [4.78, 5) is 21.8. The second-order valence-corrected chi connectivity index (χ2v) is 3.03. The SMILES string of the molecule is [2H]N(C(=O)[C@@H](N)CCC)[C@H](C=O)CCl. The Morgan fingerprint density at radius 3 is 2.85 bits per heavy atom. The van der Waals surface area contributed by atoms with Crippen LogP contribution in [0.3, 0.4) is 0 Å². The summed E-state index contributed by atoms with van der Waals surface area (Å²) in [6.45, 7) is 1.89. The summed E-state index contributed by atoms with van der Waals surface area (Å²) in [6, 6.07) is -1.63. The molecule has 0 unspecified atom stereocenters. The second kappa shape index (κ2) is 6.86. The van der Waals surface area contributed by atoms with Crippen LogP contribution in [0.25, 0.3) is 0 Å². The van der Waals surface area contributed by atoms with E-state index < -0.39 is 18.0 Å². The van der Waals surface area contributed by atoms with Crippen LogP contribution in [0.5, 0.6) is 0 Å². The number of alkyl halides is 1. The molecule has 0 bridgehead atoms. The Kier molecular flexibility index (Phi) is 5.52. The van der Waals surface area contributed by atoms with E-state index in [1.807, 2.05) is 6.92 Å². The quantitative estimate of drug-likeness (QED) is 0.477. The van der Waals surface area contributed by atoms with E-state index in [0.717, 1.165) is 6.42 Å². The highest BCUT2D eigenvalue weighted by Gasteiger charge is 2.15. The van der Waals surface area contributed by atoms with E-state index in [1.165, 1.54) is 0 Å². The largest absolute Gasteiger partial charge is 0.344 e. The molecule has 0 aromatic carbocycles. The van der Waals surface area contributed by atoms with Crippen molar-refractivity contribution in [3.63, 3.8) is 0 Å². The lowest BCUT2D eigenvalue weighted by atomic mass is 10.1. The predicted octanol–water partition coefficient (Wildman–Crippen LogP) is 0.0363. The molecule has 13 heavy (non-hydrogen) atoms. The maximum Gasteiger partial charge on any atom is 0.237 e. The molecule has 0 aliphatic rings. The number of amides is 1. The van der Waals surface area contributed by atoms with Crippen molar-refractivity contribution in [2.24, 2.45) is 5.73 Å². The zero-order chi connectivity index (χ0) is 11.1. The third-order valence-corrected chi connectivity index (χ3v) is 1.84. The number of rotatable bonds is 6. The van der Waals surface area contributed by atoms with E-state index in [9.17, 15) is 9.59 Å². The van der Waals surface area contributed by atoms with E-state index in [0.29, 0.717) is 18.0 Å². The zero-order valence-corrected chi connectivity index (χ0v) is 8.33. The van der Waals surface area contributed by atoms with Crippen LogP contribution in [-0.2, 0) is 9.59 Å². The second-order valence-electron chi connectivity index (χ2n) is 2.72. The molecule has 0 saturated carbocycles. The van der Waals surface area contributed by atoms with Gasteiger partial charge in [0.25, 0.3) is 0 Å². The van der Waals surface area contributed by atoms with Crippen LogP contribution in [0.2, 0.25) is 1.41 Å². The third kappa shape index (κ3) is 4.85. The van der Waals surface area contributed by atoms with Crippen molar-refractivity contribution in [1.82, 2.24) is 5.31 Å². The molecule has 0 rings (SSSR count). The number of hydrogen-bond acceptors (Lipinski definition) is 3. The molecule has 0 radical (unpaired) electrons. The van der Waals surface area contributed by atoms with Crippen LogP contribution in [0.15, 0.2) is 0 Å². The minimum atomic E-state index is -0.910. The summed E-state index contributed by atoms with van der Waals surface area (Å²) in [7, 11) is 0. The maximum atomic E-state index is 11.4. The first kappa shape index (κ1) is 10.5. The summed E-state index contributed by atoms with van der Waals surface area (Å²) in [5.74, 6) is -0.651. The van der Waals surface area contributed by atoms with Gasteiger partial charge in [0.1, 0.15) is 6.29 Å². The topological polar surface area (TPSA) is 72.2 Å². The number of nitrogens with two attached hydrogens (primary N) is 1. The standard InChI is InChI=1S/C8H15ClN2O2/c1-2-3-7(10)8(13)11-6(4-9)5-12/h5-7H,2-4,10H2,1H3,(H,11,13)/t6-,7-/m0/s1/i/hD. The molecule has 0 aliphatic heterocycles. The molecule has 3 N–H and O–H groups in total. The van der Waals surface area contributed by atoms with Gasteiger partial charge in [-0.15, -0.1) is 11.6 Å². The highest BCUT2D eigenvalue weighted by atomic mass is 35.5. The summed E-state index contributed by atoms with van der Waals surface area (Å²) < 4.78 is 7.33. The van der Waals surface area contributed by atoms with Gasteiger partial charge in [0, 0.05) is 5.88 Å². The molecular weight excluding hydrogens is 192 g/mol. The minimum absolute atomic E-state index is 0.0857. The molecule has 0 saturated heterocycles. The summed E-state index contributed by atoms with van der Waals surface area (Å²) >= 11 is 5.40. The first-order valence-corrected chi connectivity index (χ1v) is 4.70. The smallest absolute Gasteiger partial charge is 0.237 e. The Balaban J connectivity index is 4.28. The fourth-order valence-electron chi connectivity index (χ4n) is 0.795. The van der Waals surface area contributed by atoms with E-state index in [2.05, 4.69) is 0 Å². The highest BCUT2D eigenvalue weighted by Crippen LogP contribution is 1.94. The van der Waals surface area contributed by atoms with Gasteiger partial charge in [-0.25, -0.2) is 0 Å². The van der Waals surface area contributed by atoms with Gasteiger partial charge in [0.2, 0.25) is 5.91 Å². The highest BCUT2D eigenvalue weighted by molar-refractivity contribution is 6.19. The summed E-state index contributed by atoms with van der Waals surface area (Å²) in [5, 5.41) is 0.556. The van der Waals surface area contributed by atoms with Crippen LogP contribution in [-0.4, -0.2) is 30.2 Å². The predicted molar refractivity (Wildman–Crippen MR) is 51.6 cm³/mol. The number of aldehydes is 1. The van der Waals surface area contributed by atoms with E-state index in [4.69, 9.17) is 18.7 Å². The Labute approximate surface area is 84.3 Å². The first-order valence-electron chi connectivity index (χ1n) is 4.62. The molecule has 1 amide bonds. The van der Waals surface area contributed by atoms with Crippen LogP contribution in [0.1, 0.15) is 19.8 Å². The van der Waals surface area contributed by atoms with Gasteiger partial charge in [-0.2, -0.15) is 0 Å². The van der Waals surface area contributed by atoms with E-state index in [1.54, 1.807) is 0 Å². The molecule has 0 fully saturated rings.